The molecule has 2 heterocycles. The van der Waals surface area contributed by atoms with Crippen molar-refractivity contribution in [3.8, 4) is 11.1 Å². The number of cyclic esters (lactones) is 1. The van der Waals surface area contributed by atoms with E-state index in [-0.39, 0.29) is 19.0 Å². The summed E-state index contributed by atoms with van der Waals surface area (Å²) in [5.74, 6) is -0.0265. The highest BCUT2D eigenvalue weighted by atomic mass is 19.1. The lowest BCUT2D eigenvalue weighted by molar-refractivity contribution is -0.119. The van der Waals surface area contributed by atoms with Crippen molar-refractivity contribution >= 4 is 29.7 Å². The molecule has 0 unspecified atom stereocenters. The van der Waals surface area contributed by atoms with Crippen molar-refractivity contribution < 1.29 is 18.7 Å². The van der Waals surface area contributed by atoms with Crippen LogP contribution in [-0.4, -0.2) is 42.4 Å². The first kappa shape index (κ1) is 21.9. The topological polar surface area (TPSA) is 95.9 Å². The standard InChI is InChI=1S/C24H22FN5O3/c1-16(31)27-14-20-15-30(24(32)33-20)19-9-10-21(22(25)12-19)18-7-5-17(6-8-18)13-28-29-23-4-2-3-11-26-23/h2-13,20H,14-15H2,1H3,(H,26,29)(H,27,31)/b28-13+/t20-/m0/s1. The Kier molecular flexibility index (Phi) is 6.58. The third-order valence-corrected chi connectivity index (χ3v) is 5.00. The van der Waals surface area contributed by atoms with E-state index in [9.17, 15) is 14.0 Å². The van der Waals surface area contributed by atoms with Crippen molar-refractivity contribution in [3.05, 3.63) is 78.2 Å². The minimum Gasteiger partial charge on any atom is -0.442 e. The van der Waals surface area contributed by atoms with E-state index in [1.165, 1.54) is 17.9 Å². The molecular weight excluding hydrogens is 425 g/mol. The van der Waals surface area contributed by atoms with E-state index in [1.807, 2.05) is 24.3 Å². The molecular formula is C24H22FN5O3. The molecule has 0 spiro atoms. The van der Waals surface area contributed by atoms with E-state index in [0.29, 0.717) is 22.6 Å². The number of carbonyl (C=O) groups is 2. The van der Waals surface area contributed by atoms with Gasteiger partial charge >= 0.3 is 6.09 Å². The summed E-state index contributed by atoms with van der Waals surface area (Å²) in [7, 11) is 0. The van der Waals surface area contributed by atoms with Gasteiger partial charge in [0.05, 0.1) is 25.0 Å². The highest BCUT2D eigenvalue weighted by Gasteiger charge is 2.32. The molecule has 0 bridgehead atoms. The van der Waals surface area contributed by atoms with E-state index in [4.69, 9.17) is 4.74 Å². The molecule has 2 aromatic carbocycles. The highest BCUT2D eigenvalue weighted by molar-refractivity contribution is 5.90. The SMILES string of the molecule is CC(=O)NC[C@H]1CN(c2ccc(-c3ccc(/C=N/Nc4ccccn4)cc3)c(F)c2)C(=O)O1. The Hall–Kier alpha value is -4.27. The minimum atomic E-state index is -0.569. The number of aromatic nitrogens is 1. The molecule has 8 nitrogen and oxygen atoms in total. The van der Waals surface area contributed by atoms with Gasteiger partial charge in [0.1, 0.15) is 17.7 Å². The van der Waals surface area contributed by atoms with Crippen LogP contribution in [0, 0.1) is 5.82 Å². The molecule has 1 fully saturated rings. The van der Waals surface area contributed by atoms with Gasteiger partial charge in [-0.05, 0) is 41.5 Å². The number of nitrogens with zero attached hydrogens (tertiary/aromatic N) is 3. The molecule has 1 saturated heterocycles. The summed E-state index contributed by atoms with van der Waals surface area (Å²) in [4.78, 5) is 28.7. The number of halogens is 1. The number of anilines is 2. The predicted octanol–water partition coefficient (Wildman–Crippen LogP) is 3.80. The van der Waals surface area contributed by atoms with Gasteiger partial charge in [0.25, 0.3) is 0 Å². The van der Waals surface area contributed by atoms with Crippen molar-refractivity contribution in [2.75, 3.05) is 23.4 Å². The van der Waals surface area contributed by atoms with Gasteiger partial charge in [0.2, 0.25) is 5.91 Å². The Morgan fingerprint density at radius 2 is 2.06 bits per heavy atom. The average Bonchev–Trinajstić information content (AvgIpc) is 3.19. The van der Waals surface area contributed by atoms with E-state index in [1.54, 1.807) is 42.7 Å². The molecule has 9 heteroatoms. The first-order valence-electron chi connectivity index (χ1n) is 10.3. The van der Waals surface area contributed by atoms with Crippen LogP contribution in [-0.2, 0) is 9.53 Å². The van der Waals surface area contributed by atoms with Gasteiger partial charge < -0.3 is 10.1 Å². The van der Waals surface area contributed by atoms with Gasteiger partial charge in [-0.3, -0.25) is 15.1 Å². The number of rotatable bonds is 7. The van der Waals surface area contributed by atoms with Crippen LogP contribution in [0.15, 0.2) is 72.0 Å². The largest absolute Gasteiger partial charge is 0.442 e. The summed E-state index contributed by atoms with van der Waals surface area (Å²) >= 11 is 0. The molecule has 168 valence electrons. The number of hydrogen-bond acceptors (Lipinski definition) is 6. The quantitative estimate of drug-likeness (QED) is 0.424. The normalized spacial score (nSPS) is 15.5. The van der Waals surface area contributed by atoms with Crippen molar-refractivity contribution in [1.82, 2.24) is 10.3 Å². The molecule has 1 aliphatic rings. The Bertz CT molecular complexity index is 1170. The molecule has 0 aliphatic carbocycles. The predicted molar refractivity (Wildman–Crippen MR) is 124 cm³/mol. The van der Waals surface area contributed by atoms with E-state index in [0.717, 1.165) is 5.56 Å². The number of benzene rings is 2. The Morgan fingerprint density at radius 1 is 1.24 bits per heavy atom. The maximum atomic E-state index is 14.9. The second-order valence-electron chi connectivity index (χ2n) is 7.42. The van der Waals surface area contributed by atoms with Crippen molar-refractivity contribution in [2.24, 2.45) is 5.10 Å². The third kappa shape index (κ3) is 5.51. The van der Waals surface area contributed by atoms with Crippen LogP contribution >= 0.6 is 0 Å². The van der Waals surface area contributed by atoms with Gasteiger partial charge in [-0.25, -0.2) is 14.2 Å². The van der Waals surface area contributed by atoms with E-state index < -0.39 is 18.0 Å². The molecule has 1 aliphatic heterocycles. The second kappa shape index (κ2) is 9.90. The Labute approximate surface area is 190 Å². The zero-order valence-corrected chi connectivity index (χ0v) is 17.9. The Balaban J connectivity index is 1.41. The van der Waals surface area contributed by atoms with Crippen LogP contribution in [0.2, 0.25) is 0 Å². The van der Waals surface area contributed by atoms with Crippen molar-refractivity contribution in [2.45, 2.75) is 13.0 Å². The van der Waals surface area contributed by atoms with Crippen LogP contribution in [0.4, 0.5) is 20.7 Å². The van der Waals surface area contributed by atoms with Crippen molar-refractivity contribution in [3.63, 3.8) is 0 Å². The molecule has 0 radical (unpaired) electrons. The van der Waals surface area contributed by atoms with Gasteiger partial charge in [-0.1, -0.05) is 30.3 Å². The molecule has 3 aromatic rings. The number of nitrogens with one attached hydrogen (secondary N) is 2. The molecule has 1 aromatic heterocycles. The second-order valence-corrected chi connectivity index (χ2v) is 7.42. The monoisotopic (exact) mass is 447 g/mol. The van der Waals surface area contributed by atoms with E-state index >= 15 is 0 Å². The first-order valence-corrected chi connectivity index (χ1v) is 10.3. The summed E-state index contributed by atoms with van der Waals surface area (Å²) in [5.41, 5.74) is 5.18. The summed E-state index contributed by atoms with van der Waals surface area (Å²) in [6, 6.07) is 17.4. The number of amides is 2. The zero-order chi connectivity index (χ0) is 23.2. The summed E-state index contributed by atoms with van der Waals surface area (Å²) < 4.78 is 20.1. The lowest BCUT2D eigenvalue weighted by Gasteiger charge is -2.14. The zero-order valence-electron chi connectivity index (χ0n) is 17.9. The number of pyridine rings is 1. The van der Waals surface area contributed by atoms with Gasteiger partial charge in [0, 0.05) is 18.7 Å². The molecule has 33 heavy (non-hydrogen) atoms. The lowest BCUT2D eigenvalue weighted by Crippen LogP contribution is -2.33. The van der Waals surface area contributed by atoms with Gasteiger partial charge in [-0.2, -0.15) is 5.10 Å². The maximum absolute atomic E-state index is 14.9. The van der Waals surface area contributed by atoms with Crippen LogP contribution in [0.25, 0.3) is 11.1 Å². The summed E-state index contributed by atoms with van der Waals surface area (Å²) in [6.07, 6.45) is 2.27. The molecule has 2 N–H and O–H groups in total. The molecule has 0 saturated carbocycles. The van der Waals surface area contributed by atoms with Crippen LogP contribution in [0.3, 0.4) is 0 Å². The van der Waals surface area contributed by atoms with Crippen LogP contribution < -0.4 is 15.6 Å². The molecule has 4 rings (SSSR count). The van der Waals surface area contributed by atoms with E-state index in [2.05, 4.69) is 20.8 Å². The first-order chi connectivity index (χ1) is 16.0. The fourth-order valence-corrected chi connectivity index (χ4v) is 3.35. The minimum absolute atomic E-state index is 0.207. The maximum Gasteiger partial charge on any atom is 0.414 e. The lowest BCUT2D eigenvalue weighted by atomic mass is 10.0. The van der Waals surface area contributed by atoms with Crippen LogP contribution in [0.1, 0.15) is 12.5 Å². The fourth-order valence-electron chi connectivity index (χ4n) is 3.35. The van der Waals surface area contributed by atoms with Crippen molar-refractivity contribution in [1.29, 1.82) is 0 Å². The van der Waals surface area contributed by atoms with Gasteiger partial charge in [-0.15, -0.1) is 0 Å². The number of hydrazone groups is 1. The van der Waals surface area contributed by atoms with Crippen LogP contribution in [0.5, 0.6) is 0 Å². The number of hydrogen-bond donors (Lipinski definition) is 2. The third-order valence-electron chi connectivity index (χ3n) is 5.00. The molecule has 2 amide bonds. The fraction of sp³-hybridized carbons (Fsp3) is 0.167. The van der Waals surface area contributed by atoms with Gasteiger partial charge in [0.15, 0.2) is 0 Å². The summed E-state index contributed by atoms with van der Waals surface area (Å²) in [6.45, 7) is 1.84. The smallest absolute Gasteiger partial charge is 0.414 e. The highest BCUT2D eigenvalue weighted by Crippen LogP contribution is 2.29. The Morgan fingerprint density at radius 3 is 2.76 bits per heavy atom. The number of carbonyl (C=O) groups excluding carboxylic acids is 2. The molecule has 1 atom stereocenters. The average molecular weight is 447 g/mol. The number of ether oxygens (including phenoxy) is 1. The summed E-state index contributed by atoms with van der Waals surface area (Å²) in [5, 5.41) is 6.75.